The maximum absolute atomic E-state index is 13.0. The topological polar surface area (TPSA) is 6.48 Å². The van der Waals surface area contributed by atoms with E-state index in [1.807, 2.05) is 0 Å². The van der Waals surface area contributed by atoms with Gasteiger partial charge in [0.1, 0.15) is 0 Å². The SMILES string of the molecule is FC(F)(F)c1ccccc1CN1CCN2CCCC2C1. The van der Waals surface area contributed by atoms with Crippen LogP contribution in [0.25, 0.3) is 0 Å². The second-order valence-corrected chi connectivity index (χ2v) is 5.72. The zero-order valence-electron chi connectivity index (χ0n) is 11.4. The van der Waals surface area contributed by atoms with Gasteiger partial charge in [0.05, 0.1) is 5.56 Å². The lowest BCUT2D eigenvalue weighted by atomic mass is 10.1. The first-order valence-corrected chi connectivity index (χ1v) is 7.15. The van der Waals surface area contributed by atoms with Crippen LogP contribution < -0.4 is 0 Å². The van der Waals surface area contributed by atoms with Crippen molar-refractivity contribution in [1.29, 1.82) is 0 Å². The van der Waals surface area contributed by atoms with Gasteiger partial charge in [-0.2, -0.15) is 13.2 Å². The van der Waals surface area contributed by atoms with Crippen molar-refractivity contribution in [1.82, 2.24) is 9.80 Å². The van der Waals surface area contributed by atoms with Crippen LogP contribution in [-0.2, 0) is 12.7 Å². The van der Waals surface area contributed by atoms with Gasteiger partial charge < -0.3 is 0 Å². The van der Waals surface area contributed by atoms with Crippen molar-refractivity contribution in [3.05, 3.63) is 35.4 Å². The molecule has 2 aliphatic rings. The third-order valence-corrected chi connectivity index (χ3v) is 4.39. The van der Waals surface area contributed by atoms with E-state index < -0.39 is 11.7 Å². The standard InChI is InChI=1S/C15H19F3N2/c16-15(17,18)14-6-2-1-4-12(14)10-19-8-9-20-7-3-5-13(20)11-19/h1-2,4,6,13H,3,5,7-11H2. The molecule has 0 aliphatic carbocycles. The summed E-state index contributed by atoms with van der Waals surface area (Å²) in [6.07, 6.45) is -1.86. The summed E-state index contributed by atoms with van der Waals surface area (Å²) in [6, 6.07) is 6.48. The fraction of sp³-hybridized carbons (Fsp3) is 0.600. The fourth-order valence-electron chi connectivity index (χ4n) is 3.37. The zero-order chi connectivity index (χ0) is 14.2. The van der Waals surface area contributed by atoms with Crippen LogP contribution in [0.5, 0.6) is 0 Å². The van der Waals surface area contributed by atoms with E-state index in [9.17, 15) is 13.2 Å². The summed E-state index contributed by atoms with van der Waals surface area (Å²) in [4.78, 5) is 4.63. The van der Waals surface area contributed by atoms with Crippen LogP contribution in [0.3, 0.4) is 0 Å². The Bertz CT molecular complexity index is 472. The van der Waals surface area contributed by atoms with Crippen LogP contribution in [0.2, 0.25) is 0 Å². The summed E-state index contributed by atoms with van der Waals surface area (Å²) >= 11 is 0. The third-order valence-electron chi connectivity index (χ3n) is 4.39. The largest absolute Gasteiger partial charge is 0.416 e. The average Bonchev–Trinajstić information content (AvgIpc) is 2.85. The third kappa shape index (κ3) is 2.83. The highest BCUT2D eigenvalue weighted by Crippen LogP contribution is 2.33. The molecule has 1 aromatic rings. The van der Waals surface area contributed by atoms with Crippen LogP contribution in [-0.4, -0.2) is 42.0 Å². The Morgan fingerprint density at radius 2 is 1.90 bits per heavy atom. The minimum absolute atomic E-state index is 0.395. The van der Waals surface area contributed by atoms with Crippen molar-refractivity contribution in [2.24, 2.45) is 0 Å². The molecule has 2 nitrogen and oxygen atoms in total. The molecule has 2 saturated heterocycles. The Balaban J connectivity index is 1.72. The molecule has 3 rings (SSSR count). The fourth-order valence-corrected chi connectivity index (χ4v) is 3.37. The van der Waals surface area contributed by atoms with E-state index in [4.69, 9.17) is 0 Å². The van der Waals surface area contributed by atoms with Crippen LogP contribution in [0, 0.1) is 0 Å². The number of rotatable bonds is 2. The lowest BCUT2D eigenvalue weighted by Crippen LogP contribution is -2.49. The molecule has 0 bridgehead atoms. The van der Waals surface area contributed by atoms with E-state index in [1.54, 1.807) is 12.1 Å². The molecule has 0 radical (unpaired) electrons. The smallest absolute Gasteiger partial charge is 0.298 e. The van der Waals surface area contributed by atoms with Crippen molar-refractivity contribution < 1.29 is 13.2 Å². The Morgan fingerprint density at radius 1 is 1.10 bits per heavy atom. The second kappa shape index (κ2) is 5.37. The number of alkyl halides is 3. The van der Waals surface area contributed by atoms with Crippen molar-refractivity contribution in [2.75, 3.05) is 26.2 Å². The first kappa shape index (κ1) is 13.9. The van der Waals surface area contributed by atoms with Crippen molar-refractivity contribution in [3.8, 4) is 0 Å². The Labute approximate surface area is 117 Å². The van der Waals surface area contributed by atoms with Crippen LogP contribution >= 0.6 is 0 Å². The molecule has 2 heterocycles. The molecular weight excluding hydrogens is 265 g/mol. The summed E-state index contributed by atoms with van der Waals surface area (Å²) in [5.41, 5.74) is -0.0969. The Hall–Kier alpha value is -1.07. The van der Waals surface area contributed by atoms with Gasteiger partial charge in [0.15, 0.2) is 0 Å². The van der Waals surface area contributed by atoms with Crippen molar-refractivity contribution in [3.63, 3.8) is 0 Å². The molecule has 1 unspecified atom stereocenters. The highest BCUT2D eigenvalue weighted by Gasteiger charge is 2.35. The summed E-state index contributed by atoms with van der Waals surface area (Å²) < 4.78 is 39.0. The predicted molar refractivity (Wildman–Crippen MR) is 71.3 cm³/mol. The van der Waals surface area contributed by atoms with Crippen molar-refractivity contribution >= 4 is 0 Å². The van der Waals surface area contributed by atoms with Gasteiger partial charge in [-0.1, -0.05) is 18.2 Å². The molecule has 1 aromatic carbocycles. The van der Waals surface area contributed by atoms with Gasteiger partial charge >= 0.3 is 6.18 Å². The lowest BCUT2D eigenvalue weighted by Gasteiger charge is -2.37. The number of benzene rings is 1. The molecule has 0 spiro atoms. The highest BCUT2D eigenvalue weighted by atomic mass is 19.4. The van der Waals surface area contributed by atoms with Gasteiger partial charge in [0.25, 0.3) is 0 Å². The van der Waals surface area contributed by atoms with Crippen LogP contribution in [0.4, 0.5) is 13.2 Å². The maximum atomic E-state index is 13.0. The number of halogens is 3. The van der Waals surface area contributed by atoms with Crippen LogP contribution in [0.1, 0.15) is 24.0 Å². The summed E-state index contributed by atoms with van der Waals surface area (Å²) in [5.74, 6) is 0. The lowest BCUT2D eigenvalue weighted by molar-refractivity contribution is -0.138. The number of hydrogen-bond donors (Lipinski definition) is 0. The predicted octanol–water partition coefficient (Wildman–Crippen LogP) is 2.99. The van der Waals surface area contributed by atoms with Crippen LogP contribution in [0.15, 0.2) is 24.3 Å². The molecular formula is C15H19F3N2. The quantitative estimate of drug-likeness (QED) is 0.824. The van der Waals surface area contributed by atoms with Gasteiger partial charge in [-0.25, -0.2) is 0 Å². The van der Waals surface area contributed by atoms with Crippen molar-refractivity contribution in [2.45, 2.75) is 31.6 Å². The highest BCUT2D eigenvalue weighted by molar-refractivity contribution is 5.29. The maximum Gasteiger partial charge on any atom is 0.416 e. The summed E-state index contributed by atoms with van der Waals surface area (Å²) in [7, 11) is 0. The molecule has 0 saturated carbocycles. The molecule has 0 aromatic heterocycles. The normalized spacial score (nSPS) is 24.9. The van der Waals surface area contributed by atoms with Gasteiger partial charge in [-0.3, -0.25) is 9.80 Å². The molecule has 2 fully saturated rings. The van der Waals surface area contributed by atoms with E-state index in [0.717, 1.165) is 26.2 Å². The van der Waals surface area contributed by atoms with Gasteiger partial charge in [0.2, 0.25) is 0 Å². The Kier molecular flexibility index (Phi) is 3.73. The monoisotopic (exact) mass is 284 g/mol. The van der Waals surface area contributed by atoms with E-state index in [1.165, 1.54) is 25.0 Å². The molecule has 110 valence electrons. The first-order chi connectivity index (χ1) is 9.54. The molecule has 1 atom stereocenters. The molecule has 2 aliphatic heterocycles. The van der Waals surface area contributed by atoms with E-state index >= 15 is 0 Å². The van der Waals surface area contributed by atoms with E-state index in [2.05, 4.69) is 9.80 Å². The van der Waals surface area contributed by atoms with Gasteiger partial charge in [-0.05, 0) is 31.0 Å². The number of piperazine rings is 1. The van der Waals surface area contributed by atoms with E-state index in [-0.39, 0.29) is 0 Å². The van der Waals surface area contributed by atoms with Gasteiger partial charge in [-0.15, -0.1) is 0 Å². The number of nitrogens with zero attached hydrogens (tertiary/aromatic N) is 2. The molecule has 0 amide bonds. The minimum atomic E-state index is -4.26. The zero-order valence-corrected chi connectivity index (χ0v) is 11.4. The Morgan fingerprint density at radius 3 is 2.70 bits per heavy atom. The molecule has 0 N–H and O–H groups in total. The molecule has 20 heavy (non-hydrogen) atoms. The summed E-state index contributed by atoms with van der Waals surface area (Å²) in [5, 5.41) is 0. The van der Waals surface area contributed by atoms with E-state index in [0.29, 0.717) is 18.2 Å². The number of fused-ring (bicyclic) bond motifs is 1. The minimum Gasteiger partial charge on any atom is -0.298 e. The summed E-state index contributed by atoms with van der Waals surface area (Å²) in [6.45, 7) is 4.30. The number of hydrogen-bond acceptors (Lipinski definition) is 2. The average molecular weight is 284 g/mol. The second-order valence-electron chi connectivity index (χ2n) is 5.72. The van der Waals surface area contributed by atoms with Gasteiger partial charge in [0, 0.05) is 32.2 Å². The molecule has 5 heteroatoms. The first-order valence-electron chi connectivity index (χ1n) is 7.15.